The molecule has 7 nitrogen and oxygen atoms in total. The normalized spacial score (nSPS) is 19.2. The third-order valence-electron chi connectivity index (χ3n) is 6.89. The number of nitrogens with one attached hydrogen (secondary N) is 3. The highest BCUT2D eigenvalue weighted by atomic mass is 35.5. The first-order valence-electron chi connectivity index (χ1n) is 10.5. The lowest BCUT2D eigenvalue weighted by Gasteiger charge is -2.53. The molecule has 2 heterocycles. The zero-order valence-electron chi connectivity index (χ0n) is 18.9. The van der Waals surface area contributed by atoms with E-state index in [1.165, 1.54) is 0 Å². The third-order valence-corrected chi connectivity index (χ3v) is 10.5. The van der Waals surface area contributed by atoms with Crippen molar-refractivity contribution in [1.82, 2.24) is 15.1 Å². The van der Waals surface area contributed by atoms with Crippen molar-refractivity contribution < 1.29 is 9.59 Å². The Morgan fingerprint density at radius 1 is 1.12 bits per heavy atom. The van der Waals surface area contributed by atoms with Gasteiger partial charge in [-0.2, -0.15) is 5.10 Å². The molecule has 0 spiro atoms. The van der Waals surface area contributed by atoms with E-state index in [9.17, 15) is 9.59 Å². The first-order chi connectivity index (χ1) is 14.9. The van der Waals surface area contributed by atoms with Crippen LogP contribution in [0.3, 0.4) is 0 Å². The van der Waals surface area contributed by atoms with E-state index in [0.29, 0.717) is 28.1 Å². The second kappa shape index (κ2) is 7.85. The van der Waals surface area contributed by atoms with E-state index >= 15 is 0 Å². The van der Waals surface area contributed by atoms with Crippen molar-refractivity contribution >= 4 is 56.7 Å². The predicted octanol–water partition coefficient (Wildman–Crippen LogP) is 5.55. The summed E-state index contributed by atoms with van der Waals surface area (Å²) in [5.74, 6) is 0.531. The fourth-order valence-corrected chi connectivity index (χ4v) is 7.19. The van der Waals surface area contributed by atoms with Crippen LogP contribution < -0.4 is 10.6 Å². The number of hydrogen-bond donors (Lipinski definition) is 3. The minimum Gasteiger partial charge on any atom is -0.309 e. The van der Waals surface area contributed by atoms with Crippen molar-refractivity contribution in [2.45, 2.75) is 49.9 Å². The highest BCUT2D eigenvalue weighted by Gasteiger charge is 2.51. The van der Waals surface area contributed by atoms with Gasteiger partial charge in [0.25, 0.3) is 0 Å². The van der Waals surface area contributed by atoms with Crippen LogP contribution in [-0.2, 0) is 16.9 Å². The van der Waals surface area contributed by atoms with Crippen LogP contribution in [0.2, 0.25) is 10.0 Å². The first kappa shape index (κ1) is 23.3. The van der Waals surface area contributed by atoms with Gasteiger partial charge in [-0.05, 0) is 64.0 Å². The molecule has 2 aliphatic rings. The summed E-state index contributed by atoms with van der Waals surface area (Å²) in [4.78, 5) is 28.1. The summed E-state index contributed by atoms with van der Waals surface area (Å²) >= 11 is 12.4. The van der Waals surface area contributed by atoms with Gasteiger partial charge in [0, 0.05) is 5.56 Å². The second-order valence-electron chi connectivity index (χ2n) is 9.74. The summed E-state index contributed by atoms with van der Waals surface area (Å²) in [5.41, 5.74) is 1.34. The molecular weight excluding hydrogens is 469 g/mol. The average Bonchev–Trinajstić information content (AvgIpc) is 3.14. The van der Waals surface area contributed by atoms with Crippen LogP contribution in [0.25, 0.3) is 0 Å². The molecule has 0 saturated heterocycles. The van der Waals surface area contributed by atoms with Gasteiger partial charge in [-0.15, -0.1) is 0 Å². The monoisotopic (exact) mass is 497 g/mol. The van der Waals surface area contributed by atoms with E-state index < -0.39 is 15.6 Å². The number of urea groups is 1. The lowest BCUT2D eigenvalue weighted by atomic mass is 9.83. The molecule has 3 N–H and O–H groups in total. The zero-order valence-corrected chi connectivity index (χ0v) is 21.3. The number of para-hydroxylation sites is 1. The van der Waals surface area contributed by atoms with E-state index in [2.05, 4.69) is 39.6 Å². The van der Waals surface area contributed by atoms with Gasteiger partial charge >= 0.3 is 6.03 Å². The van der Waals surface area contributed by atoms with Crippen LogP contribution in [0.5, 0.6) is 0 Å². The number of amides is 3. The second-order valence-corrected chi connectivity index (χ2v) is 15.0. The predicted molar refractivity (Wildman–Crippen MR) is 133 cm³/mol. The van der Waals surface area contributed by atoms with Gasteiger partial charge in [-0.3, -0.25) is 9.89 Å². The maximum Gasteiger partial charge on any atom is 0.323 e. The molecule has 1 aromatic carbocycles. The van der Waals surface area contributed by atoms with E-state index in [1.807, 2.05) is 13.8 Å². The summed E-state index contributed by atoms with van der Waals surface area (Å²) in [7, 11) is -1.08. The number of hydrogen-bond acceptors (Lipinski definition) is 3. The van der Waals surface area contributed by atoms with E-state index in [4.69, 9.17) is 23.2 Å². The summed E-state index contributed by atoms with van der Waals surface area (Å²) in [6.45, 7) is 4.17. The van der Waals surface area contributed by atoms with Crippen LogP contribution >= 0.6 is 33.2 Å². The number of H-pyrrole nitrogens is 1. The van der Waals surface area contributed by atoms with E-state index in [-0.39, 0.29) is 16.7 Å². The molecule has 4 rings (SSSR count). The van der Waals surface area contributed by atoms with Crippen molar-refractivity contribution in [2.24, 2.45) is 0 Å². The Kier molecular flexibility index (Phi) is 5.71. The molecule has 1 aliphatic heterocycles. The highest BCUT2D eigenvalue weighted by molar-refractivity contribution is 8.33. The quantitative estimate of drug-likeness (QED) is 0.516. The number of aromatic amines is 1. The molecule has 3 amide bonds. The number of fused-ring (bicyclic) bond motifs is 1. The van der Waals surface area contributed by atoms with Crippen molar-refractivity contribution in [1.29, 1.82) is 0 Å². The number of carbonyl (C=O) groups excluding carboxylic acids is 2. The molecule has 1 aliphatic carbocycles. The standard InChI is InChI=1S/C22H29Cl2N5O2S/c1-21(2)17-13(12-29(21)20(31)25-16-14(23)8-6-9-15(16)24)18(28-27-17)26-19(30)22(10-7-11-22)32(3,4)5/h6,8-9H,7,10-12H2,1-5H3,(H,25,31)(H2,26,27,28,30). The Bertz CT molecular complexity index is 1070. The average molecular weight is 498 g/mol. The van der Waals surface area contributed by atoms with E-state index in [1.54, 1.807) is 23.1 Å². The zero-order chi connectivity index (χ0) is 23.5. The van der Waals surface area contributed by atoms with Crippen LogP contribution in [0.15, 0.2) is 18.2 Å². The lowest BCUT2D eigenvalue weighted by Crippen LogP contribution is -2.51. The van der Waals surface area contributed by atoms with Crippen molar-refractivity contribution in [2.75, 3.05) is 29.4 Å². The molecule has 1 aromatic heterocycles. The first-order valence-corrected chi connectivity index (χ1v) is 14.1. The molecule has 174 valence electrons. The van der Waals surface area contributed by atoms with Crippen LogP contribution in [0.1, 0.15) is 44.4 Å². The van der Waals surface area contributed by atoms with Crippen molar-refractivity contribution in [3.63, 3.8) is 0 Å². The SMILES string of the molecule is CC1(C)c2[nH]nc(NC(=O)C3(S(C)(C)C)CCC3)c2CN1C(=O)Nc1c(Cl)cccc1Cl. The molecule has 32 heavy (non-hydrogen) atoms. The molecule has 0 radical (unpaired) electrons. The Hall–Kier alpha value is -1.90. The van der Waals surface area contributed by atoms with Gasteiger partial charge in [0.05, 0.1) is 38.3 Å². The molecule has 10 heteroatoms. The van der Waals surface area contributed by atoms with Gasteiger partial charge in [-0.1, -0.05) is 29.3 Å². The molecule has 1 saturated carbocycles. The van der Waals surface area contributed by atoms with E-state index in [0.717, 1.165) is 30.5 Å². The van der Waals surface area contributed by atoms with Crippen LogP contribution in [0, 0.1) is 0 Å². The van der Waals surface area contributed by atoms with Crippen molar-refractivity contribution in [3.05, 3.63) is 39.5 Å². The Balaban J connectivity index is 1.56. The number of halogens is 2. The molecule has 0 atom stereocenters. The van der Waals surface area contributed by atoms with Gasteiger partial charge in [-0.25, -0.2) is 14.8 Å². The maximum atomic E-state index is 13.3. The molecule has 0 unspecified atom stereocenters. The number of aromatic nitrogens is 2. The fraction of sp³-hybridized carbons (Fsp3) is 0.500. The Morgan fingerprint density at radius 3 is 2.28 bits per heavy atom. The van der Waals surface area contributed by atoms with Crippen LogP contribution in [-0.4, -0.2) is 50.5 Å². The number of benzene rings is 1. The lowest BCUT2D eigenvalue weighted by molar-refractivity contribution is -0.120. The van der Waals surface area contributed by atoms with Crippen LogP contribution in [0.4, 0.5) is 16.3 Å². The topological polar surface area (TPSA) is 90.1 Å². The smallest absolute Gasteiger partial charge is 0.309 e. The minimum atomic E-state index is -1.08. The summed E-state index contributed by atoms with van der Waals surface area (Å²) in [5, 5.41) is 14.1. The summed E-state index contributed by atoms with van der Waals surface area (Å²) in [6.07, 6.45) is 9.45. The summed E-state index contributed by atoms with van der Waals surface area (Å²) in [6, 6.07) is 4.73. The Morgan fingerprint density at radius 2 is 1.75 bits per heavy atom. The van der Waals surface area contributed by atoms with Gasteiger partial charge in [0.1, 0.15) is 0 Å². The third kappa shape index (κ3) is 3.56. The van der Waals surface area contributed by atoms with Gasteiger partial charge in [0.15, 0.2) is 5.82 Å². The number of anilines is 2. The minimum absolute atomic E-state index is 0.0316. The highest BCUT2D eigenvalue weighted by Crippen LogP contribution is 2.60. The number of rotatable bonds is 4. The fourth-order valence-electron chi connectivity index (χ4n) is 4.57. The molecule has 2 aromatic rings. The number of carbonyl (C=O) groups is 2. The molecular formula is C22H29Cl2N5O2S. The summed E-state index contributed by atoms with van der Waals surface area (Å²) < 4.78 is -0.315. The molecule has 0 bridgehead atoms. The Labute approximate surface area is 199 Å². The number of nitrogens with zero attached hydrogens (tertiary/aromatic N) is 2. The van der Waals surface area contributed by atoms with Gasteiger partial charge < -0.3 is 15.5 Å². The van der Waals surface area contributed by atoms with Crippen molar-refractivity contribution in [3.8, 4) is 0 Å². The molecule has 1 fully saturated rings. The maximum absolute atomic E-state index is 13.3. The van der Waals surface area contributed by atoms with Gasteiger partial charge in [0.2, 0.25) is 5.91 Å². The largest absolute Gasteiger partial charge is 0.323 e.